The minimum absolute atomic E-state index is 0.481. The normalized spacial score (nSPS) is 39.6. The van der Waals surface area contributed by atoms with Gasteiger partial charge in [0.1, 0.15) is 0 Å². The number of hydrogen-bond acceptors (Lipinski definition) is 3. The SMILES string of the molecule is CC(C)CCC[C@@H](C)[C@H]1CC[C@H]2[C@@H]3CC=C4C[C@@H](SSCc5c[nH]cn5)CC[C@]4(C)C3CC[C@]12C. The van der Waals surface area contributed by atoms with Crippen LogP contribution in [0.5, 0.6) is 0 Å². The summed E-state index contributed by atoms with van der Waals surface area (Å²) in [6.07, 6.45) is 22.4. The lowest BCUT2D eigenvalue weighted by atomic mass is 9.47. The fraction of sp³-hybridized carbons (Fsp3) is 0.839. The van der Waals surface area contributed by atoms with Crippen molar-refractivity contribution in [3.05, 3.63) is 29.9 Å². The Bertz CT molecular complexity index is 863. The quantitative estimate of drug-likeness (QED) is 0.262. The highest BCUT2D eigenvalue weighted by Crippen LogP contribution is 2.67. The number of allylic oxidation sites excluding steroid dienone is 2. The van der Waals surface area contributed by atoms with Crippen molar-refractivity contribution in [2.45, 2.75) is 116 Å². The monoisotopic (exact) mass is 514 g/mol. The van der Waals surface area contributed by atoms with Crippen LogP contribution in [-0.4, -0.2) is 15.2 Å². The molecule has 4 aliphatic rings. The van der Waals surface area contributed by atoms with Gasteiger partial charge >= 0.3 is 0 Å². The lowest BCUT2D eigenvalue weighted by Crippen LogP contribution is -2.50. The zero-order chi connectivity index (χ0) is 24.6. The molecule has 1 aromatic rings. The van der Waals surface area contributed by atoms with Gasteiger partial charge in [-0.25, -0.2) is 4.98 Å². The highest BCUT2D eigenvalue weighted by Gasteiger charge is 2.59. The number of fused-ring (bicyclic) bond motifs is 5. The topological polar surface area (TPSA) is 28.7 Å². The second-order valence-electron chi connectivity index (χ2n) is 13.6. The fourth-order valence-corrected chi connectivity index (χ4v) is 11.9. The molecule has 196 valence electrons. The van der Waals surface area contributed by atoms with E-state index in [-0.39, 0.29) is 0 Å². The minimum atomic E-state index is 0.481. The van der Waals surface area contributed by atoms with E-state index in [1.54, 1.807) is 6.33 Å². The van der Waals surface area contributed by atoms with Crippen LogP contribution < -0.4 is 0 Å². The van der Waals surface area contributed by atoms with Crippen molar-refractivity contribution < 1.29 is 0 Å². The third kappa shape index (κ3) is 5.18. The molecule has 1 N–H and O–H groups in total. The molecule has 0 aliphatic heterocycles. The third-order valence-corrected chi connectivity index (χ3v) is 14.0. The van der Waals surface area contributed by atoms with Crippen LogP contribution in [0.2, 0.25) is 0 Å². The van der Waals surface area contributed by atoms with Crippen LogP contribution in [0, 0.1) is 46.3 Å². The van der Waals surface area contributed by atoms with Crippen LogP contribution in [0.1, 0.15) is 111 Å². The summed E-state index contributed by atoms with van der Waals surface area (Å²) in [5, 5.41) is 0.784. The number of aromatic nitrogens is 2. The number of imidazole rings is 1. The molecule has 2 nitrogen and oxygen atoms in total. The second-order valence-corrected chi connectivity index (χ2v) is 16.2. The summed E-state index contributed by atoms with van der Waals surface area (Å²) in [6.45, 7) is 12.8. The van der Waals surface area contributed by atoms with Crippen LogP contribution >= 0.6 is 21.6 Å². The lowest BCUT2D eigenvalue weighted by molar-refractivity contribution is -0.0497. The second kappa shape index (κ2) is 10.8. The van der Waals surface area contributed by atoms with Crippen molar-refractivity contribution in [2.75, 3.05) is 0 Å². The number of H-pyrrole nitrogens is 1. The Labute approximate surface area is 223 Å². The zero-order valence-corrected chi connectivity index (χ0v) is 24.7. The molecule has 1 aromatic heterocycles. The zero-order valence-electron chi connectivity index (χ0n) is 23.0. The summed E-state index contributed by atoms with van der Waals surface area (Å²) in [5.74, 6) is 6.63. The molecule has 0 aromatic carbocycles. The third-order valence-electron chi connectivity index (χ3n) is 11.2. The first-order valence-electron chi connectivity index (χ1n) is 14.8. The summed E-state index contributed by atoms with van der Waals surface area (Å²) in [7, 11) is 4.14. The van der Waals surface area contributed by atoms with Gasteiger partial charge in [0.15, 0.2) is 0 Å². The fourth-order valence-electron chi connectivity index (χ4n) is 9.29. The Morgan fingerprint density at radius 3 is 2.69 bits per heavy atom. The molecule has 3 fully saturated rings. The van der Waals surface area contributed by atoms with Gasteiger partial charge in [-0.15, -0.1) is 0 Å². The van der Waals surface area contributed by atoms with Crippen LogP contribution in [0.25, 0.3) is 0 Å². The maximum atomic E-state index is 4.39. The molecule has 35 heavy (non-hydrogen) atoms. The summed E-state index contributed by atoms with van der Waals surface area (Å²) >= 11 is 0. The number of aromatic amines is 1. The summed E-state index contributed by atoms with van der Waals surface area (Å²) in [6, 6.07) is 0. The molecule has 0 radical (unpaired) electrons. The van der Waals surface area contributed by atoms with Crippen LogP contribution in [-0.2, 0) is 5.75 Å². The molecule has 1 heterocycles. The molecule has 4 heteroatoms. The molecular weight excluding hydrogens is 464 g/mol. The standard InChI is InChI=1S/C31H50N2S2/c1-21(2)7-6-8-22(3)27-11-12-28-26-10-9-23-17-25(35-34-19-24-18-32-20-33-24)13-15-30(23,4)29(26)14-16-31(27,28)5/h9,18,20-22,25-29H,6-8,10-17,19H2,1-5H3,(H,32,33)/t22-,25+,26+,27-,28+,29?,30+,31-/m1/s1. The summed E-state index contributed by atoms with van der Waals surface area (Å²) < 4.78 is 0. The van der Waals surface area contributed by atoms with Gasteiger partial charge in [-0.3, -0.25) is 0 Å². The van der Waals surface area contributed by atoms with Gasteiger partial charge in [-0.1, -0.05) is 87.1 Å². The van der Waals surface area contributed by atoms with Gasteiger partial charge < -0.3 is 4.98 Å². The van der Waals surface area contributed by atoms with E-state index in [1.165, 1.54) is 76.3 Å². The Kier molecular flexibility index (Phi) is 8.10. The van der Waals surface area contributed by atoms with Gasteiger partial charge in [0.05, 0.1) is 12.0 Å². The Hall–Kier alpha value is -0.350. The molecule has 0 amide bonds. The van der Waals surface area contributed by atoms with Crippen molar-refractivity contribution in [3.63, 3.8) is 0 Å². The van der Waals surface area contributed by atoms with Crippen molar-refractivity contribution in [1.29, 1.82) is 0 Å². The van der Waals surface area contributed by atoms with Crippen molar-refractivity contribution in [2.24, 2.45) is 46.3 Å². The van der Waals surface area contributed by atoms with E-state index >= 15 is 0 Å². The van der Waals surface area contributed by atoms with Crippen LogP contribution in [0.4, 0.5) is 0 Å². The molecule has 3 saturated carbocycles. The van der Waals surface area contributed by atoms with E-state index in [1.807, 2.05) is 22.6 Å². The number of rotatable bonds is 9. The Balaban J connectivity index is 1.21. The number of hydrogen-bond donors (Lipinski definition) is 1. The Morgan fingerprint density at radius 1 is 1.06 bits per heavy atom. The first-order valence-corrected chi connectivity index (χ1v) is 17.1. The largest absolute Gasteiger partial charge is 0.351 e. The predicted octanol–water partition coefficient (Wildman–Crippen LogP) is 9.70. The van der Waals surface area contributed by atoms with Crippen molar-refractivity contribution in [1.82, 2.24) is 9.97 Å². The molecule has 5 rings (SSSR count). The van der Waals surface area contributed by atoms with Gasteiger partial charge in [0, 0.05) is 17.2 Å². The summed E-state index contributed by atoms with van der Waals surface area (Å²) in [5.41, 5.74) is 4.10. The number of nitrogens with one attached hydrogen (secondary N) is 1. The molecule has 1 unspecified atom stereocenters. The van der Waals surface area contributed by atoms with E-state index < -0.39 is 0 Å². The van der Waals surface area contributed by atoms with Gasteiger partial charge in [0.25, 0.3) is 0 Å². The number of nitrogens with zero attached hydrogens (tertiary/aromatic N) is 1. The molecule has 8 atom stereocenters. The minimum Gasteiger partial charge on any atom is -0.351 e. The van der Waals surface area contributed by atoms with E-state index in [9.17, 15) is 0 Å². The maximum absolute atomic E-state index is 4.39. The van der Waals surface area contributed by atoms with Crippen LogP contribution in [0.3, 0.4) is 0 Å². The first-order chi connectivity index (χ1) is 16.8. The van der Waals surface area contributed by atoms with E-state index in [0.29, 0.717) is 10.8 Å². The summed E-state index contributed by atoms with van der Waals surface area (Å²) in [4.78, 5) is 7.47. The van der Waals surface area contributed by atoms with E-state index in [2.05, 4.69) is 61.5 Å². The van der Waals surface area contributed by atoms with Crippen molar-refractivity contribution in [3.8, 4) is 0 Å². The maximum Gasteiger partial charge on any atom is 0.0923 e. The predicted molar refractivity (Wildman–Crippen MR) is 154 cm³/mol. The van der Waals surface area contributed by atoms with Gasteiger partial charge in [0.2, 0.25) is 0 Å². The smallest absolute Gasteiger partial charge is 0.0923 e. The lowest BCUT2D eigenvalue weighted by Gasteiger charge is -2.58. The van der Waals surface area contributed by atoms with Crippen LogP contribution in [0.15, 0.2) is 24.2 Å². The van der Waals surface area contributed by atoms with Gasteiger partial charge in [-0.2, -0.15) is 0 Å². The van der Waals surface area contributed by atoms with E-state index in [0.717, 1.165) is 46.5 Å². The molecular formula is C31H50N2S2. The highest BCUT2D eigenvalue weighted by molar-refractivity contribution is 8.76. The first kappa shape index (κ1) is 26.3. The molecule has 4 aliphatic carbocycles. The van der Waals surface area contributed by atoms with Crippen molar-refractivity contribution >= 4 is 21.6 Å². The Morgan fingerprint density at radius 2 is 1.91 bits per heavy atom. The molecule has 0 saturated heterocycles. The molecule has 0 bridgehead atoms. The average Bonchev–Trinajstić information content (AvgIpc) is 3.46. The highest BCUT2D eigenvalue weighted by atomic mass is 33.1. The van der Waals surface area contributed by atoms with E-state index in [4.69, 9.17) is 0 Å². The van der Waals surface area contributed by atoms with Gasteiger partial charge in [-0.05, 0) is 97.7 Å². The molecule has 0 spiro atoms. The average molecular weight is 515 g/mol.